The fraction of sp³-hybridized carbons (Fsp3) is 1.00. The topological polar surface area (TPSA) is 12.5 Å². The smallest absolute Gasteiger partial charge is 0.0700 e. The molecule has 0 aromatic heterocycles. The van der Waals surface area contributed by atoms with Crippen LogP contribution in [0.1, 0.15) is 47.0 Å². The summed E-state index contributed by atoms with van der Waals surface area (Å²) in [6, 6.07) is 0.651. The number of ether oxygens (including phenoxy) is 1. The minimum atomic E-state index is 0.475. The van der Waals surface area contributed by atoms with Gasteiger partial charge in [-0.3, -0.25) is 4.90 Å². The molecule has 1 heterocycles. The quantitative estimate of drug-likeness (QED) is 0.681. The van der Waals surface area contributed by atoms with Crippen molar-refractivity contribution in [2.45, 2.75) is 59.1 Å². The van der Waals surface area contributed by atoms with Crippen molar-refractivity contribution in [3.8, 4) is 0 Å². The van der Waals surface area contributed by atoms with Crippen LogP contribution in [0.25, 0.3) is 0 Å². The molecule has 1 aliphatic heterocycles. The van der Waals surface area contributed by atoms with Gasteiger partial charge in [0.05, 0.1) is 12.7 Å². The van der Waals surface area contributed by atoms with Crippen LogP contribution in [0.15, 0.2) is 0 Å². The van der Waals surface area contributed by atoms with E-state index < -0.39 is 0 Å². The highest BCUT2D eigenvalue weighted by molar-refractivity contribution is 4.75. The molecule has 2 unspecified atom stereocenters. The summed E-state index contributed by atoms with van der Waals surface area (Å²) < 4.78 is 5.66. The molecule has 0 aromatic carbocycles. The van der Waals surface area contributed by atoms with Crippen molar-refractivity contribution < 1.29 is 4.74 Å². The zero-order valence-corrected chi connectivity index (χ0v) is 10.5. The molecule has 0 N–H and O–H groups in total. The Labute approximate surface area is 89.6 Å². The normalized spacial score (nSPS) is 28.1. The summed E-state index contributed by atoms with van der Waals surface area (Å²) in [5, 5.41) is 0. The molecular formula is C12H27NO. The zero-order chi connectivity index (χ0) is 11.0. The summed E-state index contributed by atoms with van der Waals surface area (Å²) in [5.41, 5.74) is 0. The van der Waals surface area contributed by atoms with Gasteiger partial charge in [-0.15, -0.1) is 0 Å². The number of nitrogens with zero attached hydrogens (tertiary/aromatic N) is 1. The lowest BCUT2D eigenvalue weighted by Crippen LogP contribution is -2.46. The molecular weight excluding hydrogens is 174 g/mol. The minimum absolute atomic E-state index is 0.475. The lowest BCUT2D eigenvalue weighted by atomic mass is 10.1. The van der Waals surface area contributed by atoms with Crippen LogP contribution in [0.5, 0.6) is 0 Å². The van der Waals surface area contributed by atoms with Gasteiger partial charge in [0.2, 0.25) is 0 Å². The molecule has 1 saturated heterocycles. The van der Waals surface area contributed by atoms with Crippen molar-refractivity contribution in [2.24, 2.45) is 0 Å². The second kappa shape index (κ2) is 8.25. The van der Waals surface area contributed by atoms with E-state index in [2.05, 4.69) is 39.6 Å². The highest BCUT2D eigenvalue weighted by Crippen LogP contribution is 2.13. The number of likely N-dealkylation sites (N-methyl/N-ethyl adjacent to an activating group) is 1. The highest BCUT2D eigenvalue weighted by Gasteiger charge is 2.23. The van der Waals surface area contributed by atoms with Crippen LogP contribution in [-0.2, 0) is 4.74 Å². The van der Waals surface area contributed by atoms with Crippen molar-refractivity contribution in [1.29, 1.82) is 0 Å². The van der Waals surface area contributed by atoms with Crippen LogP contribution < -0.4 is 0 Å². The third-order valence-corrected chi connectivity index (χ3v) is 2.57. The van der Waals surface area contributed by atoms with E-state index in [1.54, 1.807) is 0 Å². The van der Waals surface area contributed by atoms with Crippen LogP contribution in [0.4, 0.5) is 0 Å². The maximum absolute atomic E-state index is 5.66. The third kappa shape index (κ3) is 4.97. The Bertz CT molecular complexity index is 127. The van der Waals surface area contributed by atoms with E-state index in [4.69, 9.17) is 4.74 Å². The summed E-state index contributed by atoms with van der Waals surface area (Å²) in [6.45, 7) is 10.7. The minimum Gasteiger partial charge on any atom is -0.375 e. The molecule has 86 valence electrons. The Hall–Kier alpha value is -0.0800. The first-order valence-electron chi connectivity index (χ1n) is 6.01. The number of morpholine rings is 1. The molecule has 1 fully saturated rings. The molecule has 14 heavy (non-hydrogen) atoms. The Morgan fingerprint density at radius 2 is 1.71 bits per heavy atom. The average Bonchev–Trinajstić information content (AvgIpc) is 2.19. The van der Waals surface area contributed by atoms with E-state index in [9.17, 15) is 0 Å². The van der Waals surface area contributed by atoms with Gasteiger partial charge in [0.15, 0.2) is 0 Å². The molecule has 2 atom stereocenters. The van der Waals surface area contributed by atoms with E-state index in [0.29, 0.717) is 12.1 Å². The Morgan fingerprint density at radius 3 is 2.07 bits per heavy atom. The molecule has 0 radical (unpaired) electrons. The summed E-state index contributed by atoms with van der Waals surface area (Å²) in [7, 11) is 2.19. The number of rotatable bonds is 2. The van der Waals surface area contributed by atoms with Gasteiger partial charge in [0, 0.05) is 12.6 Å². The van der Waals surface area contributed by atoms with E-state index >= 15 is 0 Å². The van der Waals surface area contributed by atoms with Gasteiger partial charge in [-0.25, -0.2) is 0 Å². The van der Waals surface area contributed by atoms with E-state index in [1.165, 1.54) is 12.8 Å². The average molecular weight is 201 g/mol. The fourth-order valence-corrected chi connectivity index (χ4v) is 1.57. The van der Waals surface area contributed by atoms with Gasteiger partial charge in [-0.05, 0) is 19.9 Å². The Kier molecular flexibility index (Phi) is 8.20. The molecule has 0 spiro atoms. The van der Waals surface area contributed by atoms with Crippen molar-refractivity contribution in [1.82, 2.24) is 4.90 Å². The van der Waals surface area contributed by atoms with Crippen LogP contribution in [0.3, 0.4) is 0 Å². The molecule has 2 nitrogen and oxygen atoms in total. The van der Waals surface area contributed by atoms with Crippen molar-refractivity contribution in [3.05, 3.63) is 0 Å². The van der Waals surface area contributed by atoms with E-state index in [1.807, 2.05) is 0 Å². The molecule has 1 aliphatic rings. The van der Waals surface area contributed by atoms with Crippen LogP contribution in [0.2, 0.25) is 0 Å². The van der Waals surface area contributed by atoms with Gasteiger partial charge in [0.1, 0.15) is 0 Å². The maximum atomic E-state index is 5.66. The van der Waals surface area contributed by atoms with Gasteiger partial charge in [-0.1, -0.05) is 34.1 Å². The number of hydrogen-bond acceptors (Lipinski definition) is 2. The van der Waals surface area contributed by atoms with Gasteiger partial charge < -0.3 is 4.74 Å². The first-order valence-corrected chi connectivity index (χ1v) is 6.01. The largest absolute Gasteiger partial charge is 0.375 e. The van der Waals surface area contributed by atoms with E-state index in [-0.39, 0.29) is 0 Å². The molecule has 0 amide bonds. The van der Waals surface area contributed by atoms with Gasteiger partial charge in [0.25, 0.3) is 0 Å². The third-order valence-electron chi connectivity index (χ3n) is 2.57. The van der Waals surface area contributed by atoms with Crippen LogP contribution in [0, 0.1) is 0 Å². The van der Waals surface area contributed by atoms with Gasteiger partial charge in [-0.2, -0.15) is 0 Å². The Morgan fingerprint density at radius 1 is 1.14 bits per heavy atom. The van der Waals surface area contributed by atoms with E-state index in [0.717, 1.165) is 19.6 Å². The zero-order valence-electron chi connectivity index (χ0n) is 10.5. The SMILES string of the molecule is CCC.CCC1CN(C)C(CC)CO1. The standard InChI is InChI=1S/C9H19NO.C3H8/c1-4-8-7-11-9(5-2)6-10(8)3;1-3-2/h8-9H,4-7H2,1-3H3;3H2,1-2H3. The molecule has 0 saturated carbocycles. The lowest BCUT2D eigenvalue weighted by molar-refractivity contribution is -0.0552. The second-order valence-corrected chi connectivity index (χ2v) is 4.07. The maximum Gasteiger partial charge on any atom is 0.0700 e. The second-order valence-electron chi connectivity index (χ2n) is 4.07. The van der Waals surface area contributed by atoms with Crippen molar-refractivity contribution in [2.75, 3.05) is 20.2 Å². The summed E-state index contributed by atoms with van der Waals surface area (Å²) in [5.74, 6) is 0. The molecule has 0 aromatic rings. The van der Waals surface area contributed by atoms with Crippen LogP contribution >= 0.6 is 0 Å². The summed E-state index contributed by atoms with van der Waals surface area (Å²) >= 11 is 0. The molecule has 0 aliphatic carbocycles. The Balaban J connectivity index is 0.000000500. The predicted molar refractivity (Wildman–Crippen MR) is 62.7 cm³/mol. The molecule has 2 heteroatoms. The lowest BCUT2D eigenvalue weighted by Gasteiger charge is -2.36. The summed E-state index contributed by atoms with van der Waals surface area (Å²) in [6.07, 6.45) is 4.07. The van der Waals surface area contributed by atoms with Crippen molar-refractivity contribution in [3.63, 3.8) is 0 Å². The number of hydrogen-bond donors (Lipinski definition) is 0. The van der Waals surface area contributed by atoms with Crippen molar-refractivity contribution >= 4 is 0 Å². The first-order chi connectivity index (χ1) is 6.69. The monoisotopic (exact) mass is 201 g/mol. The fourth-order valence-electron chi connectivity index (χ4n) is 1.57. The van der Waals surface area contributed by atoms with Crippen LogP contribution in [-0.4, -0.2) is 37.2 Å². The van der Waals surface area contributed by atoms with Gasteiger partial charge >= 0.3 is 0 Å². The molecule has 0 bridgehead atoms. The summed E-state index contributed by atoms with van der Waals surface area (Å²) in [4.78, 5) is 2.41. The molecule has 1 rings (SSSR count). The predicted octanol–water partition coefficient (Wildman–Crippen LogP) is 2.92. The highest BCUT2D eigenvalue weighted by atomic mass is 16.5. The first kappa shape index (κ1) is 13.9.